The van der Waals surface area contributed by atoms with Crippen LogP contribution in [-0.4, -0.2) is 6.67 Å². The van der Waals surface area contributed by atoms with Crippen molar-refractivity contribution in [1.82, 2.24) is 0 Å². The standard InChI is InChI=1S/C23H24F4/c24-16-2-1-3-17-4-6-18(7-5-17)19-8-10-20(11-9-19)21-12-14-22(15-13-21)23(25,26)27/h1-2,8-15,17-18H,3-7,16H2/b2-1+. The molecule has 0 heterocycles. The lowest BCUT2D eigenvalue weighted by Crippen LogP contribution is -2.12. The fraction of sp³-hybridized carbons (Fsp3) is 0.391. The van der Waals surface area contributed by atoms with Gasteiger partial charge in [-0.1, -0.05) is 48.6 Å². The smallest absolute Gasteiger partial charge is 0.247 e. The first kappa shape index (κ1) is 19.7. The van der Waals surface area contributed by atoms with Gasteiger partial charge in [-0.2, -0.15) is 13.2 Å². The molecule has 1 fully saturated rings. The average molecular weight is 376 g/mol. The Bertz CT molecular complexity index is 733. The molecule has 0 unspecified atom stereocenters. The van der Waals surface area contributed by atoms with E-state index in [1.165, 1.54) is 17.7 Å². The van der Waals surface area contributed by atoms with Crippen LogP contribution in [-0.2, 0) is 6.18 Å². The summed E-state index contributed by atoms with van der Waals surface area (Å²) < 4.78 is 50.1. The predicted molar refractivity (Wildman–Crippen MR) is 101 cm³/mol. The van der Waals surface area contributed by atoms with Crippen LogP contribution in [0.1, 0.15) is 49.1 Å². The van der Waals surface area contributed by atoms with E-state index in [0.29, 0.717) is 11.8 Å². The number of alkyl halides is 4. The summed E-state index contributed by atoms with van der Waals surface area (Å²) in [5.74, 6) is 1.18. The second-order valence-electron chi connectivity index (χ2n) is 7.28. The molecule has 0 aliphatic heterocycles. The number of halogens is 4. The highest BCUT2D eigenvalue weighted by molar-refractivity contribution is 5.64. The van der Waals surface area contributed by atoms with Gasteiger partial charge < -0.3 is 0 Å². The maximum absolute atomic E-state index is 12.7. The molecule has 0 radical (unpaired) electrons. The minimum Gasteiger partial charge on any atom is -0.247 e. The van der Waals surface area contributed by atoms with Gasteiger partial charge in [0.05, 0.1) is 5.56 Å². The Labute approximate surface area is 157 Å². The van der Waals surface area contributed by atoms with Crippen molar-refractivity contribution in [2.75, 3.05) is 6.67 Å². The normalized spacial score (nSPS) is 20.9. The summed E-state index contributed by atoms with van der Waals surface area (Å²) in [4.78, 5) is 0. The highest BCUT2D eigenvalue weighted by Gasteiger charge is 2.30. The van der Waals surface area contributed by atoms with Gasteiger partial charge in [0.15, 0.2) is 0 Å². The maximum Gasteiger partial charge on any atom is 0.416 e. The molecule has 0 aromatic heterocycles. The minimum absolute atomic E-state index is 0.388. The molecule has 2 aromatic carbocycles. The van der Waals surface area contributed by atoms with Gasteiger partial charge in [0, 0.05) is 0 Å². The van der Waals surface area contributed by atoms with Crippen LogP contribution in [0.2, 0.25) is 0 Å². The van der Waals surface area contributed by atoms with E-state index in [1.807, 2.05) is 18.2 Å². The van der Waals surface area contributed by atoms with E-state index in [4.69, 9.17) is 0 Å². The Morgan fingerprint density at radius 2 is 1.33 bits per heavy atom. The summed E-state index contributed by atoms with van der Waals surface area (Å²) in [5, 5.41) is 0. The molecule has 1 aliphatic carbocycles. The van der Waals surface area contributed by atoms with Crippen LogP contribution in [0.4, 0.5) is 17.6 Å². The summed E-state index contributed by atoms with van der Waals surface area (Å²) in [6.45, 7) is -0.388. The average Bonchev–Trinajstić information content (AvgIpc) is 2.68. The summed E-state index contributed by atoms with van der Waals surface area (Å²) in [7, 11) is 0. The molecule has 0 N–H and O–H groups in total. The first-order valence-corrected chi connectivity index (χ1v) is 9.46. The maximum atomic E-state index is 12.7. The fourth-order valence-corrected chi connectivity index (χ4v) is 3.88. The van der Waals surface area contributed by atoms with Gasteiger partial charge in [0.1, 0.15) is 6.67 Å². The summed E-state index contributed by atoms with van der Waals surface area (Å²) in [6.07, 6.45) is 4.77. The molecular weight excluding hydrogens is 352 g/mol. The van der Waals surface area contributed by atoms with Crippen molar-refractivity contribution in [1.29, 1.82) is 0 Å². The van der Waals surface area contributed by atoms with Crippen LogP contribution in [0, 0.1) is 5.92 Å². The zero-order chi connectivity index (χ0) is 19.3. The van der Waals surface area contributed by atoms with E-state index in [0.717, 1.165) is 55.4 Å². The molecule has 0 amide bonds. The quantitative estimate of drug-likeness (QED) is 0.373. The minimum atomic E-state index is -4.30. The van der Waals surface area contributed by atoms with Crippen molar-refractivity contribution in [3.8, 4) is 11.1 Å². The van der Waals surface area contributed by atoms with Crippen molar-refractivity contribution in [2.45, 2.75) is 44.2 Å². The van der Waals surface area contributed by atoms with Gasteiger partial charge in [0.25, 0.3) is 0 Å². The molecule has 0 spiro atoms. The summed E-state index contributed by atoms with van der Waals surface area (Å²) in [6, 6.07) is 13.5. The molecule has 144 valence electrons. The number of benzene rings is 2. The van der Waals surface area contributed by atoms with Gasteiger partial charge in [0.2, 0.25) is 0 Å². The van der Waals surface area contributed by atoms with Crippen molar-refractivity contribution < 1.29 is 17.6 Å². The second-order valence-corrected chi connectivity index (χ2v) is 7.28. The first-order chi connectivity index (χ1) is 13.0. The van der Waals surface area contributed by atoms with Crippen molar-refractivity contribution in [3.63, 3.8) is 0 Å². The van der Waals surface area contributed by atoms with Gasteiger partial charge in [-0.05, 0) is 72.8 Å². The van der Waals surface area contributed by atoms with E-state index < -0.39 is 11.7 Å². The molecule has 0 saturated heterocycles. The van der Waals surface area contributed by atoms with Crippen LogP contribution in [0.15, 0.2) is 60.7 Å². The molecule has 3 rings (SSSR count). The third-order valence-corrected chi connectivity index (χ3v) is 5.50. The Hall–Kier alpha value is -2.10. The molecule has 2 aromatic rings. The molecule has 0 atom stereocenters. The second kappa shape index (κ2) is 8.73. The van der Waals surface area contributed by atoms with Gasteiger partial charge >= 0.3 is 6.18 Å². The van der Waals surface area contributed by atoms with Gasteiger partial charge in [-0.15, -0.1) is 0 Å². The van der Waals surface area contributed by atoms with Crippen LogP contribution < -0.4 is 0 Å². The molecule has 1 aliphatic rings. The molecule has 1 saturated carbocycles. The third-order valence-electron chi connectivity index (χ3n) is 5.50. The van der Waals surface area contributed by atoms with Crippen molar-refractivity contribution >= 4 is 0 Å². The lowest BCUT2D eigenvalue weighted by Gasteiger charge is -2.28. The number of hydrogen-bond donors (Lipinski definition) is 0. The lowest BCUT2D eigenvalue weighted by atomic mass is 9.77. The van der Waals surface area contributed by atoms with E-state index in [1.54, 1.807) is 6.08 Å². The number of rotatable bonds is 5. The largest absolute Gasteiger partial charge is 0.416 e. The van der Waals surface area contributed by atoms with E-state index in [2.05, 4.69) is 12.1 Å². The summed E-state index contributed by atoms with van der Waals surface area (Å²) >= 11 is 0. The van der Waals surface area contributed by atoms with E-state index >= 15 is 0 Å². The van der Waals surface area contributed by atoms with Crippen LogP contribution in [0.25, 0.3) is 11.1 Å². The Balaban J connectivity index is 1.60. The number of allylic oxidation sites excluding steroid dienone is 2. The summed E-state index contributed by atoms with van der Waals surface area (Å²) in [5.41, 5.74) is 2.39. The fourth-order valence-electron chi connectivity index (χ4n) is 3.88. The SMILES string of the molecule is FC/C=C/CC1CCC(c2ccc(-c3ccc(C(F)(F)F)cc3)cc2)CC1. The Morgan fingerprint density at radius 1 is 0.778 bits per heavy atom. The van der Waals surface area contributed by atoms with E-state index in [-0.39, 0.29) is 6.67 Å². The highest BCUT2D eigenvalue weighted by Crippen LogP contribution is 2.38. The molecular formula is C23H24F4. The zero-order valence-electron chi connectivity index (χ0n) is 15.2. The third kappa shape index (κ3) is 5.21. The first-order valence-electron chi connectivity index (χ1n) is 9.46. The van der Waals surface area contributed by atoms with Crippen LogP contribution >= 0.6 is 0 Å². The monoisotopic (exact) mass is 376 g/mol. The zero-order valence-corrected chi connectivity index (χ0v) is 15.2. The van der Waals surface area contributed by atoms with Crippen molar-refractivity contribution in [2.24, 2.45) is 5.92 Å². The van der Waals surface area contributed by atoms with E-state index in [9.17, 15) is 17.6 Å². The molecule has 4 heteroatoms. The Morgan fingerprint density at radius 3 is 1.85 bits per heavy atom. The Kier molecular flexibility index (Phi) is 6.35. The van der Waals surface area contributed by atoms with Crippen LogP contribution in [0.3, 0.4) is 0 Å². The van der Waals surface area contributed by atoms with Gasteiger partial charge in [-0.3, -0.25) is 0 Å². The lowest BCUT2D eigenvalue weighted by molar-refractivity contribution is -0.137. The molecule has 0 nitrogen and oxygen atoms in total. The number of hydrogen-bond acceptors (Lipinski definition) is 0. The van der Waals surface area contributed by atoms with Crippen molar-refractivity contribution in [3.05, 3.63) is 71.8 Å². The topological polar surface area (TPSA) is 0 Å². The molecule has 0 bridgehead atoms. The highest BCUT2D eigenvalue weighted by atomic mass is 19.4. The predicted octanol–water partition coefficient (Wildman–Crippen LogP) is 7.56. The molecule has 27 heavy (non-hydrogen) atoms. The van der Waals surface area contributed by atoms with Gasteiger partial charge in [-0.25, -0.2) is 4.39 Å². The van der Waals surface area contributed by atoms with Crippen LogP contribution in [0.5, 0.6) is 0 Å².